The molecule has 8 heavy (non-hydrogen) atoms. The van der Waals surface area contributed by atoms with Crippen LogP contribution in [0.3, 0.4) is 0 Å². The van der Waals surface area contributed by atoms with Crippen LogP contribution in [0.25, 0.3) is 0 Å². The first kappa shape index (κ1) is 8.43. The molecule has 0 unspecified atom stereocenters. The van der Waals surface area contributed by atoms with Gasteiger partial charge >= 0.3 is 0 Å². The lowest BCUT2D eigenvalue weighted by Crippen LogP contribution is -2.36. The van der Waals surface area contributed by atoms with Crippen molar-refractivity contribution in [3.8, 4) is 0 Å². The van der Waals surface area contributed by atoms with Crippen LogP contribution in [0.1, 0.15) is 0 Å². The Bertz CT molecular complexity index is 56.8. The molecule has 0 aromatic carbocycles. The van der Waals surface area contributed by atoms with E-state index in [2.05, 4.69) is 10.2 Å². The van der Waals surface area contributed by atoms with Crippen LogP contribution >= 0.6 is 11.6 Å². The van der Waals surface area contributed by atoms with Crippen LogP contribution in [-0.4, -0.2) is 35.8 Å². The quantitative estimate of drug-likeness (QED) is 0.329. The van der Waals surface area contributed by atoms with Crippen molar-refractivity contribution in [3.63, 3.8) is 0 Å². The molecule has 0 saturated carbocycles. The summed E-state index contributed by atoms with van der Waals surface area (Å²) in [6.07, 6.45) is 0. The van der Waals surface area contributed by atoms with E-state index < -0.39 is 5.41 Å². The summed E-state index contributed by atoms with van der Waals surface area (Å²) in [4.78, 5) is 0. The second-order valence-electron chi connectivity index (χ2n) is 1.29. The number of rotatable bonds is 3. The summed E-state index contributed by atoms with van der Waals surface area (Å²) in [5.74, 6) is 0.261. The molecule has 0 bridgehead atoms. The monoisotopic (exact) mass is 151 g/mol. The van der Waals surface area contributed by atoms with Crippen LogP contribution < -0.4 is 0 Å². The number of hydrogen-bond acceptors (Lipinski definition) is 2. The number of ether oxygens (including phenoxy) is 2. The molecule has 0 atom stereocenters. The first-order valence-corrected chi connectivity index (χ1v) is 3.13. The third-order valence-corrected chi connectivity index (χ3v) is 2.00. The fourth-order valence-corrected chi connectivity index (χ4v) is 0.411. The highest BCUT2D eigenvalue weighted by atomic mass is 35.5. The van der Waals surface area contributed by atoms with Gasteiger partial charge in [0.1, 0.15) is 10.2 Å². The molecule has 0 saturated heterocycles. The second-order valence-corrected chi connectivity index (χ2v) is 2.32. The van der Waals surface area contributed by atoms with Gasteiger partial charge in [0.15, 0.2) is 5.41 Å². The summed E-state index contributed by atoms with van der Waals surface area (Å²) < 4.78 is 9.59. The average molecular weight is 152 g/mol. The van der Waals surface area contributed by atoms with Crippen molar-refractivity contribution < 1.29 is 9.47 Å². The van der Waals surface area contributed by atoms with Gasteiger partial charge in [-0.2, -0.15) is 0 Å². The molecule has 3 radical (unpaired) electrons. The van der Waals surface area contributed by atoms with Gasteiger partial charge in [0.25, 0.3) is 0 Å². The molecule has 0 heterocycles. The minimum absolute atomic E-state index is 0.261. The Morgan fingerprint density at radius 2 is 1.88 bits per heavy atom. The van der Waals surface area contributed by atoms with Gasteiger partial charge < -0.3 is 9.47 Å². The number of alkyl halides is 1. The maximum Gasteiger partial charge on any atom is 0.156 e. The van der Waals surface area contributed by atoms with Crippen LogP contribution in [0.15, 0.2) is 0 Å². The van der Waals surface area contributed by atoms with Crippen molar-refractivity contribution in [1.29, 1.82) is 0 Å². The second kappa shape index (κ2) is 3.45. The van der Waals surface area contributed by atoms with Crippen molar-refractivity contribution >= 4 is 21.8 Å². The normalized spacial score (nSPS) is 12.0. The molecule has 0 aromatic heterocycles. The van der Waals surface area contributed by atoms with Gasteiger partial charge in [0.2, 0.25) is 0 Å². The van der Waals surface area contributed by atoms with E-state index in [9.17, 15) is 0 Å². The maximum atomic E-state index is 5.41. The third kappa shape index (κ3) is 2.13. The molecule has 0 aliphatic carbocycles. The zero-order valence-electron chi connectivity index (χ0n) is 4.90. The molecular formula is C4H8ClO2Si. The van der Waals surface area contributed by atoms with Crippen molar-refractivity contribution in [2.75, 3.05) is 20.1 Å². The van der Waals surface area contributed by atoms with E-state index in [4.69, 9.17) is 21.1 Å². The van der Waals surface area contributed by atoms with E-state index in [0.29, 0.717) is 0 Å². The van der Waals surface area contributed by atoms with Crippen molar-refractivity contribution in [3.05, 3.63) is 0 Å². The molecule has 0 fully saturated rings. The highest BCUT2D eigenvalue weighted by Crippen LogP contribution is 2.06. The predicted molar refractivity (Wildman–Crippen MR) is 33.2 cm³/mol. The fourth-order valence-electron chi connectivity index (χ4n) is 0.192. The lowest BCUT2D eigenvalue weighted by molar-refractivity contribution is -0.124. The molecule has 47 valence electrons. The van der Waals surface area contributed by atoms with Gasteiger partial charge in [-0.1, -0.05) is 0 Å². The minimum Gasteiger partial charge on any atom is -0.357 e. The molecule has 0 amide bonds. The third-order valence-electron chi connectivity index (χ3n) is 0.835. The van der Waals surface area contributed by atoms with Gasteiger partial charge in [0, 0.05) is 14.2 Å². The standard InChI is InChI=1S/C4H8ClO2Si/c1-6-4(8,3-5)7-2/h3H2,1-2H3. The molecule has 4 heteroatoms. The van der Waals surface area contributed by atoms with Crippen LogP contribution in [0.5, 0.6) is 0 Å². The lowest BCUT2D eigenvalue weighted by Gasteiger charge is -2.22. The summed E-state index contributed by atoms with van der Waals surface area (Å²) in [5.41, 5.74) is -0.804. The minimum atomic E-state index is -0.804. The summed E-state index contributed by atoms with van der Waals surface area (Å²) in [5, 5.41) is 0. The van der Waals surface area contributed by atoms with E-state index in [1.54, 1.807) is 0 Å². The van der Waals surface area contributed by atoms with Gasteiger partial charge in [-0.15, -0.1) is 11.6 Å². The van der Waals surface area contributed by atoms with Gasteiger partial charge in [-0.3, -0.25) is 0 Å². The Kier molecular flexibility index (Phi) is 3.64. The van der Waals surface area contributed by atoms with Crippen molar-refractivity contribution in [2.24, 2.45) is 0 Å². The number of hydrogen-bond donors (Lipinski definition) is 0. The van der Waals surface area contributed by atoms with Gasteiger partial charge in [-0.25, -0.2) is 0 Å². The van der Waals surface area contributed by atoms with Crippen LogP contribution in [0.2, 0.25) is 0 Å². The van der Waals surface area contributed by atoms with E-state index >= 15 is 0 Å². The summed E-state index contributed by atoms with van der Waals surface area (Å²) >= 11 is 5.41. The largest absolute Gasteiger partial charge is 0.357 e. The fraction of sp³-hybridized carbons (Fsp3) is 1.00. The molecule has 2 nitrogen and oxygen atoms in total. The zero-order valence-corrected chi connectivity index (χ0v) is 6.66. The Morgan fingerprint density at radius 1 is 1.50 bits per heavy atom. The maximum absolute atomic E-state index is 5.41. The van der Waals surface area contributed by atoms with Crippen LogP contribution in [-0.2, 0) is 9.47 Å². The molecule has 0 rings (SSSR count). The molecule has 0 spiro atoms. The average Bonchev–Trinajstić information content (AvgIpc) is 1.87. The SMILES string of the molecule is COC([Si])(CCl)OC. The van der Waals surface area contributed by atoms with E-state index in [0.717, 1.165) is 0 Å². The topological polar surface area (TPSA) is 18.5 Å². The molecule has 0 aromatic rings. The molecular weight excluding hydrogens is 144 g/mol. The summed E-state index contributed by atoms with van der Waals surface area (Å²) in [7, 11) is 6.18. The molecule has 0 aliphatic rings. The first-order valence-electron chi connectivity index (χ1n) is 2.10. The van der Waals surface area contributed by atoms with E-state index in [-0.39, 0.29) is 5.88 Å². The molecule has 0 aliphatic heterocycles. The Labute approximate surface area is 57.5 Å². The zero-order chi connectivity index (χ0) is 6.62. The Morgan fingerprint density at radius 3 is 1.88 bits per heavy atom. The van der Waals surface area contributed by atoms with Crippen LogP contribution in [0.4, 0.5) is 0 Å². The van der Waals surface area contributed by atoms with E-state index in [1.165, 1.54) is 14.2 Å². The summed E-state index contributed by atoms with van der Waals surface area (Å²) in [6.45, 7) is 0. The van der Waals surface area contributed by atoms with Crippen molar-refractivity contribution in [2.45, 2.75) is 5.41 Å². The highest BCUT2D eigenvalue weighted by molar-refractivity contribution is 6.25. The number of halogens is 1. The highest BCUT2D eigenvalue weighted by Gasteiger charge is 2.19. The predicted octanol–water partition coefficient (Wildman–Crippen LogP) is 0.340. The van der Waals surface area contributed by atoms with E-state index in [1.807, 2.05) is 0 Å². The van der Waals surface area contributed by atoms with Gasteiger partial charge in [-0.05, 0) is 0 Å². The smallest absolute Gasteiger partial charge is 0.156 e. The summed E-state index contributed by atoms with van der Waals surface area (Å²) in [6, 6.07) is 0. The van der Waals surface area contributed by atoms with Crippen molar-refractivity contribution in [1.82, 2.24) is 0 Å². The molecule has 0 N–H and O–H groups in total. The first-order chi connectivity index (χ1) is 3.68. The number of methoxy groups -OCH3 is 2. The van der Waals surface area contributed by atoms with Gasteiger partial charge in [0.05, 0.1) is 5.88 Å². The van der Waals surface area contributed by atoms with Crippen LogP contribution in [0, 0.1) is 0 Å². The Balaban J connectivity index is 3.58. The lowest BCUT2D eigenvalue weighted by atomic mass is 10.7. The Hall–Kier alpha value is 0.427.